The van der Waals surface area contributed by atoms with Gasteiger partial charge in [0.2, 0.25) is 11.8 Å². The summed E-state index contributed by atoms with van der Waals surface area (Å²) in [5, 5.41) is 2.86. The molecule has 3 aromatic rings. The van der Waals surface area contributed by atoms with Gasteiger partial charge in [-0.2, -0.15) is 0 Å². The molecule has 0 saturated carbocycles. The second-order valence-electron chi connectivity index (χ2n) is 9.82. The van der Waals surface area contributed by atoms with E-state index in [1.807, 2.05) is 20.1 Å². The van der Waals surface area contributed by atoms with Crippen molar-refractivity contribution in [1.29, 1.82) is 0 Å². The molecule has 0 spiro atoms. The van der Waals surface area contributed by atoms with Crippen molar-refractivity contribution >= 4 is 39.3 Å². The second kappa shape index (κ2) is 15.1. The summed E-state index contributed by atoms with van der Waals surface area (Å²) in [6, 6.07) is 17.6. The molecule has 0 unspecified atom stereocenters. The third-order valence-corrected chi connectivity index (χ3v) is 8.96. The highest BCUT2D eigenvalue weighted by Crippen LogP contribution is 2.33. The van der Waals surface area contributed by atoms with Crippen molar-refractivity contribution in [3.8, 4) is 5.75 Å². The SMILES string of the molecule is CCOc1ccccc1N(CC(=O)N(Cc1ccc(F)cc1)[C@H](CC)C(=O)NC(C)C)S(=O)(=O)c1ccc(SC)cc1. The minimum absolute atomic E-state index is 0.00841. The number of benzene rings is 3. The van der Waals surface area contributed by atoms with Gasteiger partial charge >= 0.3 is 0 Å². The molecular weight excluding hydrogens is 577 g/mol. The third-order valence-electron chi connectivity index (χ3n) is 6.44. The predicted molar refractivity (Wildman–Crippen MR) is 165 cm³/mol. The minimum atomic E-state index is -4.25. The molecular formula is C31H38FN3O5S2. The van der Waals surface area contributed by atoms with Crippen molar-refractivity contribution < 1.29 is 27.1 Å². The Kier molecular flexibility index (Phi) is 11.8. The van der Waals surface area contributed by atoms with Crippen LogP contribution >= 0.6 is 11.8 Å². The summed E-state index contributed by atoms with van der Waals surface area (Å²) >= 11 is 1.48. The van der Waals surface area contributed by atoms with Gasteiger partial charge in [-0.1, -0.05) is 31.2 Å². The van der Waals surface area contributed by atoms with E-state index in [1.165, 1.54) is 53.1 Å². The summed E-state index contributed by atoms with van der Waals surface area (Å²) in [5.41, 5.74) is 0.792. The Hall–Kier alpha value is -3.57. The van der Waals surface area contributed by atoms with E-state index in [4.69, 9.17) is 4.74 Å². The van der Waals surface area contributed by atoms with Crippen LogP contribution in [0.15, 0.2) is 82.6 Å². The number of para-hydroxylation sites is 2. The van der Waals surface area contributed by atoms with Gasteiger partial charge in [-0.15, -0.1) is 11.8 Å². The maximum atomic E-state index is 14.2. The average molecular weight is 616 g/mol. The number of carbonyl (C=O) groups is 2. The minimum Gasteiger partial charge on any atom is -0.492 e. The monoisotopic (exact) mass is 615 g/mol. The van der Waals surface area contributed by atoms with E-state index in [0.29, 0.717) is 11.3 Å². The van der Waals surface area contributed by atoms with Crippen LogP contribution in [0, 0.1) is 5.82 Å². The number of nitrogens with one attached hydrogen (secondary N) is 1. The zero-order chi connectivity index (χ0) is 30.9. The Morgan fingerprint density at radius 2 is 1.62 bits per heavy atom. The lowest BCUT2D eigenvalue weighted by Gasteiger charge is -2.34. The summed E-state index contributed by atoms with van der Waals surface area (Å²) in [5.74, 6) is -1.09. The molecule has 226 valence electrons. The molecule has 1 N–H and O–H groups in total. The van der Waals surface area contributed by atoms with Crippen LogP contribution in [0.25, 0.3) is 0 Å². The van der Waals surface area contributed by atoms with Gasteiger partial charge < -0.3 is 15.0 Å². The first-order valence-corrected chi connectivity index (χ1v) is 16.4. The molecule has 0 bridgehead atoms. The maximum absolute atomic E-state index is 14.2. The van der Waals surface area contributed by atoms with Gasteiger partial charge in [0, 0.05) is 17.5 Å². The highest BCUT2D eigenvalue weighted by Gasteiger charge is 2.35. The summed E-state index contributed by atoms with van der Waals surface area (Å²) in [6.07, 6.45) is 2.17. The van der Waals surface area contributed by atoms with Gasteiger partial charge in [0.1, 0.15) is 24.2 Å². The summed E-state index contributed by atoms with van der Waals surface area (Å²) in [6.45, 7) is 6.87. The lowest BCUT2D eigenvalue weighted by Crippen LogP contribution is -2.53. The van der Waals surface area contributed by atoms with E-state index in [0.717, 1.165) is 9.20 Å². The average Bonchev–Trinajstić information content (AvgIpc) is 2.97. The second-order valence-corrected chi connectivity index (χ2v) is 12.6. The Morgan fingerprint density at radius 3 is 2.19 bits per heavy atom. The maximum Gasteiger partial charge on any atom is 0.264 e. The van der Waals surface area contributed by atoms with Crippen molar-refractivity contribution in [2.45, 2.75) is 62.5 Å². The number of hydrogen-bond donors (Lipinski definition) is 1. The first-order chi connectivity index (χ1) is 20.0. The molecule has 0 aliphatic rings. The Labute approximate surface area is 252 Å². The van der Waals surface area contributed by atoms with E-state index in [9.17, 15) is 22.4 Å². The van der Waals surface area contributed by atoms with Gasteiger partial charge in [-0.3, -0.25) is 13.9 Å². The molecule has 0 saturated heterocycles. The molecule has 0 radical (unpaired) electrons. The number of anilines is 1. The third kappa shape index (κ3) is 8.25. The van der Waals surface area contributed by atoms with Crippen molar-refractivity contribution in [1.82, 2.24) is 10.2 Å². The number of sulfonamides is 1. The smallest absolute Gasteiger partial charge is 0.264 e. The molecule has 42 heavy (non-hydrogen) atoms. The lowest BCUT2D eigenvalue weighted by atomic mass is 10.1. The molecule has 8 nitrogen and oxygen atoms in total. The van der Waals surface area contributed by atoms with Crippen molar-refractivity contribution in [3.05, 3.63) is 84.2 Å². The van der Waals surface area contributed by atoms with Crippen LogP contribution in [-0.4, -0.2) is 56.6 Å². The van der Waals surface area contributed by atoms with Crippen LogP contribution in [0.2, 0.25) is 0 Å². The number of ether oxygens (including phenoxy) is 1. The number of thioether (sulfide) groups is 1. The van der Waals surface area contributed by atoms with Gasteiger partial charge in [-0.05, 0) is 87.5 Å². The Balaban J connectivity index is 2.11. The fourth-order valence-electron chi connectivity index (χ4n) is 4.42. The summed E-state index contributed by atoms with van der Waals surface area (Å²) in [7, 11) is -4.25. The van der Waals surface area contributed by atoms with Crippen LogP contribution in [0.1, 0.15) is 39.7 Å². The zero-order valence-corrected chi connectivity index (χ0v) is 26.2. The van der Waals surface area contributed by atoms with E-state index < -0.39 is 34.3 Å². The Morgan fingerprint density at radius 1 is 0.976 bits per heavy atom. The molecule has 3 rings (SSSR count). The number of rotatable bonds is 14. The van der Waals surface area contributed by atoms with Gasteiger partial charge in [0.25, 0.3) is 10.0 Å². The first-order valence-electron chi connectivity index (χ1n) is 13.7. The van der Waals surface area contributed by atoms with E-state index in [-0.39, 0.29) is 42.1 Å². The molecule has 0 aromatic heterocycles. The fourth-order valence-corrected chi connectivity index (χ4v) is 6.25. The largest absolute Gasteiger partial charge is 0.492 e. The standard InChI is InChI=1S/C31H38FN3O5S2/c1-6-27(31(37)33-22(3)4)34(20-23-12-14-24(32)15-13-23)30(36)21-35(28-10-8-9-11-29(28)40-7-2)42(38,39)26-18-16-25(41-5)17-19-26/h8-19,22,27H,6-7,20-21H2,1-5H3,(H,33,37)/t27-/m1/s1. The van der Waals surface area contributed by atoms with Crippen LogP contribution in [0.3, 0.4) is 0 Å². The number of nitrogens with zero attached hydrogens (tertiary/aromatic N) is 2. The van der Waals surface area contributed by atoms with E-state index in [1.54, 1.807) is 50.2 Å². The van der Waals surface area contributed by atoms with Gasteiger partial charge in [0.15, 0.2) is 0 Å². The molecule has 0 fully saturated rings. The topological polar surface area (TPSA) is 96.0 Å². The molecule has 0 aliphatic heterocycles. The number of carbonyl (C=O) groups excluding carboxylic acids is 2. The molecule has 0 heterocycles. The van der Waals surface area contributed by atoms with Crippen LogP contribution in [0.5, 0.6) is 5.75 Å². The zero-order valence-electron chi connectivity index (χ0n) is 24.5. The molecule has 2 amide bonds. The van der Waals surface area contributed by atoms with Crippen LogP contribution in [0.4, 0.5) is 10.1 Å². The van der Waals surface area contributed by atoms with Gasteiger partial charge in [-0.25, -0.2) is 12.8 Å². The van der Waals surface area contributed by atoms with Crippen molar-refractivity contribution in [2.24, 2.45) is 0 Å². The molecule has 0 aliphatic carbocycles. The predicted octanol–water partition coefficient (Wildman–Crippen LogP) is 5.47. The quantitative estimate of drug-likeness (QED) is 0.242. The normalized spacial score (nSPS) is 12.1. The van der Waals surface area contributed by atoms with Crippen molar-refractivity contribution in [3.63, 3.8) is 0 Å². The Bertz CT molecular complexity index is 1450. The molecule has 1 atom stereocenters. The fraction of sp³-hybridized carbons (Fsp3) is 0.355. The number of halogens is 1. The van der Waals surface area contributed by atoms with Crippen LogP contribution in [-0.2, 0) is 26.2 Å². The number of hydrogen-bond acceptors (Lipinski definition) is 6. The highest BCUT2D eigenvalue weighted by molar-refractivity contribution is 7.98. The number of amides is 2. The van der Waals surface area contributed by atoms with E-state index >= 15 is 0 Å². The van der Waals surface area contributed by atoms with E-state index in [2.05, 4.69) is 5.32 Å². The van der Waals surface area contributed by atoms with Crippen molar-refractivity contribution in [2.75, 3.05) is 23.7 Å². The molecule has 3 aromatic carbocycles. The molecule has 11 heteroatoms. The lowest BCUT2D eigenvalue weighted by molar-refractivity contribution is -0.140. The van der Waals surface area contributed by atoms with Gasteiger partial charge in [0.05, 0.1) is 17.2 Å². The first kappa shape index (κ1) is 32.9. The summed E-state index contributed by atoms with van der Waals surface area (Å²) in [4.78, 5) is 29.6. The summed E-state index contributed by atoms with van der Waals surface area (Å²) < 4.78 is 48.7. The van der Waals surface area contributed by atoms with Crippen LogP contribution < -0.4 is 14.4 Å². The highest BCUT2D eigenvalue weighted by atomic mass is 32.2.